The van der Waals surface area contributed by atoms with E-state index < -0.39 is 0 Å². The molecule has 0 saturated heterocycles. The van der Waals surface area contributed by atoms with Gasteiger partial charge in [0.1, 0.15) is 0 Å². The summed E-state index contributed by atoms with van der Waals surface area (Å²) in [6.45, 7) is 9.08. The maximum absolute atomic E-state index is 3.50. The van der Waals surface area contributed by atoms with Gasteiger partial charge in [-0.3, -0.25) is 0 Å². The van der Waals surface area contributed by atoms with Gasteiger partial charge in [0.25, 0.3) is 0 Å². The summed E-state index contributed by atoms with van der Waals surface area (Å²) >= 11 is 1.86. The van der Waals surface area contributed by atoms with Gasteiger partial charge >= 0.3 is 0 Å². The number of thiophene rings is 1. The minimum absolute atomic E-state index is 0.743. The molecule has 1 aromatic rings. The van der Waals surface area contributed by atoms with Gasteiger partial charge in [0.05, 0.1) is 0 Å². The average Bonchev–Trinajstić information content (AvgIpc) is 2.56. The molecule has 0 aliphatic heterocycles. The second kappa shape index (κ2) is 6.20. The van der Waals surface area contributed by atoms with Crippen molar-refractivity contribution in [2.75, 3.05) is 13.1 Å². The van der Waals surface area contributed by atoms with E-state index in [1.54, 1.807) is 0 Å². The Balaban J connectivity index is 2.13. The van der Waals surface area contributed by atoms with E-state index in [1.807, 2.05) is 11.3 Å². The van der Waals surface area contributed by atoms with Crippen LogP contribution < -0.4 is 5.32 Å². The Kier molecular flexibility index (Phi) is 5.20. The molecule has 1 rings (SSSR count). The van der Waals surface area contributed by atoms with Crippen LogP contribution in [0.4, 0.5) is 0 Å². The molecule has 0 aliphatic carbocycles. The lowest BCUT2D eigenvalue weighted by atomic mass is 10.1. The summed E-state index contributed by atoms with van der Waals surface area (Å²) < 4.78 is 0. The molecule has 0 fully saturated rings. The number of hydrogen-bond donors (Lipinski definition) is 1. The molecule has 1 nitrogen and oxygen atoms in total. The lowest BCUT2D eigenvalue weighted by molar-refractivity contribution is 0.475. The topological polar surface area (TPSA) is 12.0 Å². The van der Waals surface area contributed by atoms with E-state index in [1.165, 1.54) is 11.3 Å². The Hall–Kier alpha value is -0.340. The van der Waals surface area contributed by atoms with Crippen molar-refractivity contribution in [3.63, 3.8) is 0 Å². The zero-order valence-corrected chi connectivity index (χ0v) is 10.2. The van der Waals surface area contributed by atoms with Crippen molar-refractivity contribution in [3.05, 3.63) is 22.4 Å². The molecule has 80 valence electrons. The molecule has 1 aromatic heterocycles. The Morgan fingerprint density at radius 2 is 2.07 bits per heavy atom. The summed E-state index contributed by atoms with van der Waals surface area (Å²) in [5.41, 5.74) is 0. The van der Waals surface area contributed by atoms with Gasteiger partial charge in [-0.05, 0) is 42.8 Å². The first-order valence-corrected chi connectivity index (χ1v) is 6.29. The maximum atomic E-state index is 3.50. The summed E-state index contributed by atoms with van der Waals surface area (Å²) in [5.74, 6) is 1.50. The van der Waals surface area contributed by atoms with Crippen molar-refractivity contribution in [1.29, 1.82) is 0 Å². The Morgan fingerprint density at radius 1 is 1.29 bits per heavy atom. The molecule has 1 N–H and O–H groups in total. The fourth-order valence-corrected chi connectivity index (χ4v) is 2.33. The van der Waals surface area contributed by atoms with Crippen molar-refractivity contribution >= 4 is 11.3 Å². The number of rotatable bonds is 6. The predicted octanol–water partition coefficient (Wildman–Crippen LogP) is 3.17. The molecule has 14 heavy (non-hydrogen) atoms. The predicted molar refractivity (Wildman–Crippen MR) is 64.9 cm³/mol. The van der Waals surface area contributed by atoms with Crippen LogP contribution in [0, 0.1) is 11.8 Å². The van der Waals surface area contributed by atoms with E-state index in [4.69, 9.17) is 0 Å². The van der Waals surface area contributed by atoms with Gasteiger partial charge in [0, 0.05) is 4.88 Å². The highest BCUT2D eigenvalue weighted by Gasteiger charge is 2.04. The van der Waals surface area contributed by atoms with Gasteiger partial charge in [-0.15, -0.1) is 11.3 Å². The first-order valence-electron chi connectivity index (χ1n) is 5.41. The molecule has 1 atom stereocenters. The van der Waals surface area contributed by atoms with Crippen molar-refractivity contribution < 1.29 is 0 Å². The van der Waals surface area contributed by atoms with Crippen molar-refractivity contribution in [2.24, 2.45) is 11.8 Å². The standard InChI is InChI=1S/C12H21NS/c1-10(2)8-13-9-11(3)7-12-5-4-6-14-12/h4-6,10-11,13H,7-9H2,1-3H3. The van der Waals surface area contributed by atoms with E-state index in [0.717, 1.165) is 24.9 Å². The molecule has 0 saturated carbocycles. The average molecular weight is 211 g/mol. The second-order valence-corrected chi connectivity index (χ2v) is 5.47. The van der Waals surface area contributed by atoms with Gasteiger partial charge in [-0.1, -0.05) is 26.8 Å². The van der Waals surface area contributed by atoms with Crippen LogP contribution in [0.3, 0.4) is 0 Å². The molecule has 0 aromatic carbocycles. The highest BCUT2D eigenvalue weighted by Crippen LogP contribution is 2.13. The zero-order valence-electron chi connectivity index (χ0n) is 9.42. The van der Waals surface area contributed by atoms with E-state index in [9.17, 15) is 0 Å². The molecule has 0 bridgehead atoms. The summed E-state index contributed by atoms with van der Waals surface area (Å²) in [7, 11) is 0. The highest BCUT2D eigenvalue weighted by atomic mass is 32.1. The highest BCUT2D eigenvalue weighted by molar-refractivity contribution is 7.09. The monoisotopic (exact) mass is 211 g/mol. The van der Waals surface area contributed by atoms with Gasteiger partial charge < -0.3 is 5.32 Å². The summed E-state index contributed by atoms with van der Waals surface area (Å²) in [6.07, 6.45) is 1.21. The van der Waals surface area contributed by atoms with Crippen LogP contribution in [0.1, 0.15) is 25.6 Å². The molecular formula is C12H21NS. The first-order chi connectivity index (χ1) is 6.68. The molecular weight excluding hydrogens is 190 g/mol. The molecule has 1 unspecified atom stereocenters. The summed E-state index contributed by atoms with van der Waals surface area (Å²) in [5, 5.41) is 5.66. The van der Waals surface area contributed by atoms with Crippen molar-refractivity contribution in [2.45, 2.75) is 27.2 Å². The third-order valence-electron chi connectivity index (χ3n) is 2.18. The minimum Gasteiger partial charge on any atom is -0.316 e. The van der Waals surface area contributed by atoms with E-state index >= 15 is 0 Å². The largest absolute Gasteiger partial charge is 0.316 e. The number of hydrogen-bond acceptors (Lipinski definition) is 2. The van der Waals surface area contributed by atoms with E-state index in [0.29, 0.717) is 0 Å². The summed E-state index contributed by atoms with van der Waals surface area (Å²) in [4.78, 5) is 1.50. The first kappa shape index (κ1) is 11.7. The van der Waals surface area contributed by atoms with E-state index in [-0.39, 0.29) is 0 Å². The normalized spacial score (nSPS) is 13.4. The summed E-state index contributed by atoms with van der Waals surface area (Å²) in [6, 6.07) is 4.36. The second-order valence-electron chi connectivity index (χ2n) is 4.44. The maximum Gasteiger partial charge on any atom is 0.00483 e. The molecule has 0 spiro atoms. The molecule has 0 radical (unpaired) electrons. The fourth-order valence-electron chi connectivity index (χ4n) is 1.46. The van der Waals surface area contributed by atoms with Gasteiger partial charge in [-0.2, -0.15) is 0 Å². The van der Waals surface area contributed by atoms with Crippen molar-refractivity contribution in [3.8, 4) is 0 Å². The lowest BCUT2D eigenvalue weighted by Crippen LogP contribution is -2.25. The smallest absolute Gasteiger partial charge is 0.00483 e. The third kappa shape index (κ3) is 4.77. The fraction of sp³-hybridized carbons (Fsp3) is 0.667. The van der Waals surface area contributed by atoms with Gasteiger partial charge in [-0.25, -0.2) is 0 Å². The Morgan fingerprint density at radius 3 is 2.64 bits per heavy atom. The Labute approximate surface area is 91.5 Å². The van der Waals surface area contributed by atoms with Crippen molar-refractivity contribution in [1.82, 2.24) is 5.32 Å². The number of nitrogens with one attached hydrogen (secondary N) is 1. The van der Waals surface area contributed by atoms with Crippen LogP contribution in [-0.4, -0.2) is 13.1 Å². The van der Waals surface area contributed by atoms with Crippen LogP contribution in [0.5, 0.6) is 0 Å². The third-order valence-corrected chi connectivity index (χ3v) is 3.07. The molecule has 1 heterocycles. The molecule has 0 aliphatic rings. The van der Waals surface area contributed by atoms with Gasteiger partial charge in [0.15, 0.2) is 0 Å². The Bertz CT molecular complexity index is 228. The minimum atomic E-state index is 0.743. The van der Waals surface area contributed by atoms with Crippen LogP contribution in [0.25, 0.3) is 0 Å². The zero-order chi connectivity index (χ0) is 10.4. The van der Waals surface area contributed by atoms with Crippen LogP contribution in [0.2, 0.25) is 0 Å². The quantitative estimate of drug-likeness (QED) is 0.762. The van der Waals surface area contributed by atoms with Crippen LogP contribution >= 0.6 is 11.3 Å². The van der Waals surface area contributed by atoms with E-state index in [2.05, 4.69) is 43.6 Å². The molecule has 0 amide bonds. The molecule has 2 heteroatoms. The van der Waals surface area contributed by atoms with Gasteiger partial charge in [0.2, 0.25) is 0 Å². The lowest BCUT2D eigenvalue weighted by Gasteiger charge is -2.12. The van der Waals surface area contributed by atoms with Crippen LogP contribution in [0.15, 0.2) is 17.5 Å². The van der Waals surface area contributed by atoms with Crippen LogP contribution in [-0.2, 0) is 6.42 Å². The SMILES string of the molecule is CC(C)CNCC(C)Cc1cccs1.